The van der Waals surface area contributed by atoms with Gasteiger partial charge in [0.1, 0.15) is 0 Å². The molecule has 1 atom stereocenters. The third-order valence-electron chi connectivity index (χ3n) is 4.18. The summed E-state index contributed by atoms with van der Waals surface area (Å²) in [5, 5.41) is 3.49. The standard InChI is InChI=1S/C18H21ClN4O/c1-12-10-13(2)21-18(20-12)23-9-5-6-14(11-23)17(24)22-16-8-4-3-7-15(16)19/h3-4,7-8,10,14H,5-6,9,11H2,1-2H3,(H,22,24)/t14-/m1/s1. The molecule has 3 rings (SSSR count). The van der Waals surface area contributed by atoms with Gasteiger partial charge in [-0.15, -0.1) is 0 Å². The maximum atomic E-state index is 12.6. The zero-order valence-electron chi connectivity index (χ0n) is 13.9. The highest BCUT2D eigenvalue weighted by Gasteiger charge is 2.27. The fourth-order valence-electron chi connectivity index (χ4n) is 3.02. The number of benzene rings is 1. The van der Waals surface area contributed by atoms with Crippen LogP contribution in [0.15, 0.2) is 30.3 Å². The van der Waals surface area contributed by atoms with Gasteiger partial charge in [-0.2, -0.15) is 0 Å². The molecule has 24 heavy (non-hydrogen) atoms. The van der Waals surface area contributed by atoms with Gasteiger partial charge in [0.2, 0.25) is 11.9 Å². The van der Waals surface area contributed by atoms with E-state index in [1.807, 2.05) is 38.1 Å². The molecule has 2 aromatic rings. The molecule has 1 aliphatic rings. The van der Waals surface area contributed by atoms with Crippen LogP contribution in [0.3, 0.4) is 0 Å². The number of carbonyl (C=O) groups is 1. The van der Waals surface area contributed by atoms with E-state index in [2.05, 4.69) is 20.2 Å². The molecule has 0 spiro atoms. The fraction of sp³-hybridized carbons (Fsp3) is 0.389. The number of aromatic nitrogens is 2. The molecule has 126 valence electrons. The molecule has 1 saturated heterocycles. The number of piperidine rings is 1. The lowest BCUT2D eigenvalue weighted by molar-refractivity contribution is -0.120. The number of halogens is 1. The minimum absolute atomic E-state index is 0.00262. The molecule has 0 unspecified atom stereocenters. The third kappa shape index (κ3) is 3.85. The van der Waals surface area contributed by atoms with E-state index in [4.69, 9.17) is 11.6 Å². The topological polar surface area (TPSA) is 58.1 Å². The molecule has 1 aromatic carbocycles. The van der Waals surface area contributed by atoms with Crippen LogP contribution in [-0.2, 0) is 4.79 Å². The lowest BCUT2D eigenvalue weighted by Gasteiger charge is -2.32. The lowest BCUT2D eigenvalue weighted by atomic mass is 9.97. The third-order valence-corrected chi connectivity index (χ3v) is 4.51. The van der Waals surface area contributed by atoms with Crippen molar-refractivity contribution in [1.29, 1.82) is 0 Å². The monoisotopic (exact) mass is 344 g/mol. The van der Waals surface area contributed by atoms with Crippen molar-refractivity contribution < 1.29 is 4.79 Å². The molecule has 6 heteroatoms. The van der Waals surface area contributed by atoms with Gasteiger partial charge < -0.3 is 10.2 Å². The Morgan fingerprint density at radius 2 is 1.96 bits per heavy atom. The summed E-state index contributed by atoms with van der Waals surface area (Å²) in [6.07, 6.45) is 1.80. The van der Waals surface area contributed by atoms with E-state index >= 15 is 0 Å². The summed E-state index contributed by atoms with van der Waals surface area (Å²) in [6.45, 7) is 5.42. The van der Waals surface area contributed by atoms with Gasteiger partial charge in [0.05, 0.1) is 16.6 Å². The predicted octanol–water partition coefficient (Wildman–Crippen LogP) is 3.60. The summed E-state index contributed by atoms with van der Waals surface area (Å²) in [6, 6.07) is 9.24. The first-order valence-corrected chi connectivity index (χ1v) is 8.53. The Bertz CT molecular complexity index is 729. The number of carbonyl (C=O) groups excluding carboxylic acids is 1. The predicted molar refractivity (Wildman–Crippen MR) is 96.5 cm³/mol. The highest BCUT2D eigenvalue weighted by Crippen LogP contribution is 2.25. The first kappa shape index (κ1) is 16.7. The van der Waals surface area contributed by atoms with Crippen LogP contribution in [0.25, 0.3) is 0 Å². The van der Waals surface area contributed by atoms with Crippen molar-refractivity contribution in [2.24, 2.45) is 5.92 Å². The molecule has 0 radical (unpaired) electrons. The van der Waals surface area contributed by atoms with E-state index in [1.54, 1.807) is 6.07 Å². The minimum Gasteiger partial charge on any atom is -0.340 e. The molecular weight excluding hydrogens is 324 g/mol. The Labute approximate surface area is 147 Å². The smallest absolute Gasteiger partial charge is 0.229 e. The number of rotatable bonds is 3. The SMILES string of the molecule is Cc1cc(C)nc(N2CCC[C@@H](C(=O)Nc3ccccc3Cl)C2)n1. The molecule has 0 saturated carbocycles. The second-order valence-electron chi connectivity index (χ2n) is 6.20. The average molecular weight is 345 g/mol. The average Bonchev–Trinajstić information content (AvgIpc) is 2.56. The normalized spacial score (nSPS) is 17.6. The van der Waals surface area contributed by atoms with Crippen molar-refractivity contribution in [2.75, 3.05) is 23.3 Å². The molecule has 1 aliphatic heterocycles. The molecular formula is C18H21ClN4O. The number of anilines is 2. The van der Waals surface area contributed by atoms with Crippen molar-refractivity contribution >= 4 is 29.1 Å². The van der Waals surface area contributed by atoms with Gasteiger partial charge in [-0.25, -0.2) is 9.97 Å². The Morgan fingerprint density at radius 3 is 2.67 bits per heavy atom. The Balaban J connectivity index is 1.71. The van der Waals surface area contributed by atoms with Crippen molar-refractivity contribution in [1.82, 2.24) is 9.97 Å². The summed E-state index contributed by atoms with van der Waals surface area (Å²) in [5.74, 6) is 0.611. The molecule has 2 heterocycles. The Kier molecular flexibility index (Phi) is 5.00. The van der Waals surface area contributed by atoms with Crippen LogP contribution in [0.4, 0.5) is 11.6 Å². The minimum atomic E-state index is -0.0977. The van der Waals surface area contributed by atoms with E-state index in [-0.39, 0.29) is 11.8 Å². The zero-order valence-corrected chi connectivity index (χ0v) is 14.7. The first-order valence-electron chi connectivity index (χ1n) is 8.15. The van der Waals surface area contributed by atoms with E-state index in [0.717, 1.165) is 30.8 Å². The summed E-state index contributed by atoms with van der Waals surface area (Å²) in [4.78, 5) is 23.7. The maximum absolute atomic E-state index is 12.6. The molecule has 1 N–H and O–H groups in total. The molecule has 1 fully saturated rings. The van der Waals surface area contributed by atoms with Gasteiger partial charge in [0, 0.05) is 24.5 Å². The number of hydrogen-bond acceptors (Lipinski definition) is 4. The van der Waals surface area contributed by atoms with Gasteiger partial charge >= 0.3 is 0 Å². The number of aryl methyl sites for hydroxylation is 2. The zero-order chi connectivity index (χ0) is 17.1. The van der Waals surface area contributed by atoms with Gasteiger partial charge in [0.25, 0.3) is 0 Å². The van der Waals surface area contributed by atoms with Crippen LogP contribution in [0.5, 0.6) is 0 Å². The van der Waals surface area contributed by atoms with Crippen molar-refractivity contribution in [2.45, 2.75) is 26.7 Å². The second-order valence-corrected chi connectivity index (χ2v) is 6.61. The molecule has 1 aromatic heterocycles. The van der Waals surface area contributed by atoms with Gasteiger partial charge in [-0.05, 0) is 44.9 Å². The number of hydrogen-bond donors (Lipinski definition) is 1. The van der Waals surface area contributed by atoms with Gasteiger partial charge in [0.15, 0.2) is 0 Å². The molecule has 1 amide bonds. The van der Waals surface area contributed by atoms with Crippen LogP contribution >= 0.6 is 11.6 Å². The van der Waals surface area contributed by atoms with Crippen LogP contribution in [0, 0.1) is 19.8 Å². The van der Waals surface area contributed by atoms with Crippen LogP contribution < -0.4 is 10.2 Å². The van der Waals surface area contributed by atoms with Gasteiger partial charge in [-0.3, -0.25) is 4.79 Å². The van der Waals surface area contributed by atoms with E-state index in [0.29, 0.717) is 23.2 Å². The summed E-state index contributed by atoms with van der Waals surface area (Å²) < 4.78 is 0. The van der Waals surface area contributed by atoms with Crippen molar-refractivity contribution in [3.8, 4) is 0 Å². The highest BCUT2D eigenvalue weighted by atomic mass is 35.5. The summed E-state index contributed by atoms with van der Waals surface area (Å²) in [5.41, 5.74) is 2.55. The van der Waals surface area contributed by atoms with Crippen molar-refractivity contribution in [3.63, 3.8) is 0 Å². The number of nitrogens with one attached hydrogen (secondary N) is 1. The summed E-state index contributed by atoms with van der Waals surface area (Å²) in [7, 11) is 0. The highest BCUT2D eigenvalue weighted by molar-refractivity contribution is 6.33. The number of nitrogens with zero attached hydrogens (tertiary/aromatic N) is 3. The van der Waals surface area contributed by atoms with E-state index in [1.165, 1.54) is 0 Å². The first-order chi connectivity index (χ1) is 11.5. The molecule has 0 bridgehead atoms. The quantitative estimate of drug-likeness (QED) is 0.924. The van der Waals surface area contributed by atoms with Gasteiger partial charge in [-0.1, -0.05) is 23.7 Å². The fourth-order valence-corrected chi connectivity index (χ4v) is 3.20. The van der Waals surface area contributed by atoms with Crippen LogP contribution in [0.1, 0.15) is 24.2 Å². The second kappa shape index (κ2) is 7.18. The summed E-state index contributed by atoms with van der Waals surface area (Å²) >= 11 is 6.12. The number of amides is 1. The lowest BCUT2D eigenvalue weighted by Crippen LogP contribution is -2.41. The van der Waals surface area contributed by atoms with Crippen LogP contribution in [0.2, 0.25) is 5.02 Å². The Morgan fingerprint density at radius 1 is 1.25 bits per heavy atom. The largest absolute Gasteiger partial charge is 0.340 e. The Hall–Kier alpha value is -2.14. The molecule has 0 aliphatic carbocycles. The van der Waals surface area contributed by atoms with E-state index in [9.17, 15) is 4.79 Å². The van der Waals surface area contributed by atoms with Crippen LogP contribution in [-0.4, -0.2) is 29.0 Å². The van der Waals surface area contributed by atoms with Crippen molar-refractivity contribution in [3.05, 3.63) is 46.7 Å². The van der Waals surface area contributed by atoms with E-state index < -0.39 is 0 Å². The number of para-hydroxylation sites is 1. The molecule has 5 nitrogen and oxygen atoms in total. The maximum Gasteiger partial charge on any atom is 0.229 e.